The second kappa shape index (κ2) is 16.1. The summed E-state index contributed by atoms with van der Waals surface area (Å²) < 4.78 is 0.419. The van der Waals surface area contributed by atoms with Crippen molar-refractivity contribution in [3.05, 3.63) is 0 Å². The molecule has 1 aliphatic heterocycles. The number of carbonyl (C=O) groups is 2. The first-order valence-electron chi connectivity index (χ1n) is 11.6. The van der Waals surface area contributed by atoms with Gasteiger partial charge in [0.1, 0.15) is 6.54 Å². The number of unbranched alkanes of at least 4 members (excludes halogenated alkanes) is 7. The molecule has 7 heteroatoms. The number of carboxylic acid groups (broad SMARTS) is 2. The van der Waals surface area contributed by atoms with Crippen LogP contribution in [-0.4, -0.2) is 79.1 Å². The van der Waals surface area contributed by atoms with E-state index >= 15 is 0 Å². The summed E-state index contributed by atoms with van der Waals surface area (Å²) in [6, 6.07) is 0.118. The van der Waals surface area contributed by atoms with E-state index in [4.69, 9.17) is 5.11 Å². The third-order valence-corrected chi connectivity index (χ3v) is 5.15. The molecule has 0 radical (unpaired) electrons. The predicted molar refractivity (Wildman–Crippen MR) is 120 cm³/mol. The van der Waals surface area contributed by atoms with Crippen molar-refractivity contribution in [2.24, 2.45) is 4.99 Å². The molecule has 1 rings (SSSR count). The van der Waals surface area contributed by atoms with Crippen molar-refractivity contribution in [2.75, 3.05) is 40.8 Å². The minimum atomic E-state index is -1.00. The zero-order valence-electron chi connectivity index (χ0n) is 20.0. The molecule has 0 saturated heterocycles. The third-order valence-electron chi connectivity index (χ3n) is 5.15. The Morgan fingerprint density at radius 2 is 1.63 bits per heavy atom. The van der Waals surface area contributed by atoms with E-state index in [0.29, 0.717) is 4.48 Å². The monoisotopic (exact) mass is 427 g/mol. The van der Waals surface area contributed by atoms with Gasteiger partial charge in [-0.05, 0) is 12.8 Å². The number of carboxylic acids is 2. The summed E-state index contributed by atoms with van der Waals surface area (Å²) in [6.07, 6.45) is 12.7. The zero-order chi connectivity index (χ0) is 23.0. The van der Waals surface area contributed by atoms with Gasteiger partial charge >= 0.3 is 5.97 Å². The highest BCUT2D eigenvalue weighted by atomic mass is 16.4. The molecular formula is C23H45N3O4. The number of amidine groups is 1. The first-order chi connectivity index (χ1) is 14.1. The van der Waals surface area contributed by atoms with Gasteiger partial charge in [-0.3, -0.25) is 9.79 Å². The molecule has 30 heavy (non-hydrogen) atoms. The average Bonchev–Trinajstić information content (AvgIpc) is 3.08. The van der Waals surface area contributed by atoms with Gasteiger partial charge in [-0.1, -0.05) is 58.8 Å². The Labute approximate surface area is 183 Å². The standard InChI is InChI=1S/C18H34N2O2.C5H11NO2/c1-3-5-6-7-8-9-10-11-12-17-19-13-14-20(17)16(4-2)15-18(21)22;1-6(2,3)4-5(7)8/h16H,3-15H2,1-2H3,(H,21,22);4H2,1-3H3. The van der Waals surface area contributed by atoms with Gasteiger partial charge in [0.15, 0.2) is 0 Å². The summed E-state index contributed by atoms with van der Waals surface area (Å²) in [5.74, 6) is -0.554. The molecule has 1 atom stereocenters. The van der Waals surface area contributed by atoms with E-state index in [1.54, 1.807) is 21.1 Å². The summed E-state index contributed by atoms with van der Waals surface area (Å²) in [6.45, 7) is 6.13. The van der Waals surface area contributed by atoms with Crippen LogP contribution in [0.4, 0.5) is 0 Å². The van der Waals surface area contributed by atoms with Gasteiger partial charge in [0.25, 0.3) is 0 Å². The van der Waals surface area contributed by atoms with Crippen LogP contribution < -0.4 is 5.11 Å². The molecule has 0 aromatic carbocycles. The lowest BCUT2D eigenvalue weighted by atomic mass is 10.1. The van der Waals surface area contributed by atoms with Gasteiger partial charge in [-0.25, -0.2) is 0 Å². The molecule has 0 saturated carbocycles. The molecule has 176 valence electrons. The van der Waals surface area contributed by atoms with Gasteiger partial charge in [0.2, 0.25) is 0 Å². The Morgan fingerprint density at radius 1 is 1.07 bits per heavy atom. The average molecular weight is 428 g/mol. The van der Waals surface area contributed by atoms with E-state index in [9.17, 15) is 14.7 Å². The van der Waals surface area contributed by atoms with Crippen molar-refractivity contribution in [3.8, 4) is 0 Å². The molecule has 1 heterocycles. The quantitative estimate of drug-likeness (QED) is 0.320. The van der Waals surface area contributed by atoms with Crippen LogP contribution in [0.3, 0.4) is 0 Å². The Morgan fingerprint density at radius 3 is 2.07 bits per heavy atom. The maximum Gasteiger partial charge on any atom is 0.305 e. The Kier molecular flexibility index (Phi) is 15.2. The molecule has 1 unspecified atom stereocenters. The minimum absolute atomic E-state index is 0.0694. The summed E-state index contributed by atoms with van der Waals surface area (Å²) in [4.78, 5) is 27.7. The van der Waals surface area contributed by atoms with E-state index in [-0.39, 0.29) is 19.0 Å². The van der Waals surface area contributed by atoms with Crippen LogP contribution in [-0.2, 0) is 9.59 Å². The fourth-order valence-electron chi connectivity index (χ4n) is 3.60. The van der Waals surface area contributed by atoms with Gasteiger partial charge < -0.3 is 24.4 Å². The molecule has 0 aromatic heterocycles. The van der Waals surface area contributed by atoms with Crippen LogP contribution in [0.15, 0.2) is 4.99 Å². The topological polar surface area (TPSA) is 93.0 Å². The highest BCUT2D eigenvalue weighted by Gasteiger charge is 2.25. The van der Waals surface area contributed by atoms with Gasteiger partial charge in [0.05, 0.1) is 45.9 Å². The maximum atomic E-state index is 11.0. The number of nitrogens with zero attached hydrogens (tertiary/aromatic N) is 3. The van der Waals surface area contributed by atoms with Gasteiger partial charge in [-0.15, -0.1) is 0 Å². The molecule has 1 N–H and O–H groups in total. The number of hydrogen-bond acceptors (Lipinski definition) is 5. The minimum Gasteiger partial charge on any atom is -0.544 e. The number of aliphatic carboxylic acids is 2. The van der Waals surface area contributed by atoms with Crippen LogP contribution in [0, 0.1) is 0 Å². The van der Waals surface area contributed by atoms with Crippen LogP contribution in [0.5, 0.6) is 0 Å². The van der Waals surface area contributed by atoms with E-state index in [1.807, 2.05) is 0 Å². The third kappa shape index (κ3) is 15.2. The van der Waals surface area contributed by atoms with Crippen molar-refractivity contribution >= 4 is 17.8 Å². The van der Waals surface area contributed by atoms with Gasteiger partial charge in [0, 0.05) is 19.0 Å². The molecule has 7 nitrogen and oxygen atoms in total. The lowest BCUT2D eigenvalue weighted by molar-refractivity contribution is -0.864. The Hall–Kier alpha value is -1.63. The van der Waals surface area contributed by atoms with Crippen molar-refractivity contribution in [1.82, 2.24) is 4.90 Å². The predicted octanol–water partition coefficient (Wildman–Crippen LogP) is 2.93. The number of hydrogen-bond donors (Lipinski definition) is 1. The van der Waals surface area contributed by atoms with Crippen LogP contribution >= 0.6 is 0 Å². The van der Waals surface area contributed by atoms with Crippen molar-refractivity contribution in [2.45, 2.75) is 90.5 Å². The lowest BCUT2D eigenvalue weighted by Gasteiger charge is -2.29. The Bertz CT molecular complexity index is 515. The molecule has 0 aliphatic carbocycles. The van der Waals surface area contributed by atoms with Crippen LogP contribution in [0.25, 0.3) is 0 Å². The zero-order valence-corrected chi connectivity index (χ0v) is 20.0. The molecule has 1 aliphatic rings. The van der Waals surface area contributed by atoms with Crippen molar-refractivity contribution < 1.29 is 24.3 Å². The van der Waals surface area contributed by atoms with E-state index in [2.05, 4.69) is 23.7 Å². The molecule has 0 bridgehead atoms. The normalized spacial score (nSPS) is 14.7. The number of likely N-dealkylation sites (N-methyl/N-ethyl adjacent to an activating group) is 1. The van der Waals surface area contributed by atoms with E-state index < -0.39 is 11.9 Å². The second-order valence-corrected chi connectivity index (χ2v) is 9.20. The number of aliphatic imine (C=N–C) groups is 1. The Balaban J connectivity index is 0.000000890. The molecule has 0 aromatic rings. The second-order valence-electron chi connectivity index (χ2n) is 9.20. The molecule has 0 spiro atoms. The van der Waals surface area contributed by atoms with Gasteiger partial charge in [-0.2, -0.15) is 0 Å². The number of rotatable bonds is 15. The van der Waals surface area contributed by atoms with Crippen LogP contribution in [0.1, 0.15) is 84.5 Å². The molecule has 0 fully saturated rings. The molecular weight excluding hydrogens is 382 g/mol. The van der Waals surface area contributed by atoms with Crippen molar-refractivity contribution in [1.29, 1.82) is 0 Å². The molecule has 0 amide bonds. The maximum absolute atomic E-state index is 11.0. The largest absolute Gasteiger partial charge is 0.544 e. The van der Waals surface area contributed by atoms with E-state index in [1.165, 1.54) is 51.4 Å². The first-order valence-corrected chi connectivity index (χ1v) is 11.6. The number of quaternary nitrogens is 1. The van der Waals surface area contributed by atoms with Crippen molar-refractivity contribution in [3.63, 3.8) is 0 Å². The van der Waals surface area contributed by atoms with Crippen LogP contribution in [0.2, 0.25) is 0 Å². The number of carbonyl (C=O) groups excluding carboxylic acids is 1. The first kappa shape index (κ1) is 28.4. The van der Waals surface area contributed by atoms with E-state index in [0.717, 1.165) is 31.8 Å². The highest BCUT2D eigenvalue weighted by molar-refractivity contribution is 5.84. The summed E-state index contributed by atoms with van der Waals surface area (Å²) in [5.41, 5.74) is 0. The smallest absolute Gasteiger partial charge is 0.305 e. The fraction of sp³-hybridized carbons (Fsp3) is 0.870. The summed E-state index contributed by atoms with van der Waals surface area (Å²) in [5, 5.41) is 18.9. The highest BCUT2D eigenvalue weighted by Crippen LogP contribution is 2.18. The lowest BCUT2D eigenvalue weighted by Crippen LogP contribution is -2.45. The summed E-state index contributed by atoms with van der Waals surface area (Å²) >= 11 is 0. The summed E-state index contributed by atoms with van der Waals surface area (Å²) in [7, 11) is 5.40. The SMILES string of the molecule is CCCCCCCCCCC1=NCCN1C(CC)CC(=O)O.C[N+](C)(C)CC(=O)[O-]. The fourth-order valence-corrected chi connectivity index (χ4v) is 3.60.